The van der Waals surface area contributed by atoms with Crippen molar-refractivity contribution in [3.8, 4) is 0 Å². The smallest absolute Gasteiger partial charge is 0.224 e. The summed E-state index contributed by atoms with van der Waals surface area (Å²) in [6.07, 6.45) is 9.17. The number of hydrogen-bond acceptors (Lipinski definition) is 3. The van der Waals surface area contributed by atoms with Gasteiger partial charge in [0.15, 0.2) is 0 Å². The van der Waals surface area contributed by atoms with Gasteiger partial charge in [-0.2, -0.15) is 0 Å². The fourth-order valence-electron chi connectivity index (χ4n) is 3.01. The van der Waals surface area contributed by atoms with Gasteiger partial charge in [0.05, 0.1) is 12.7 Å². The lowest BCUT2D eigenvalue weighted by Gasteiger charge is -2.22. The molecule has 25 heavy (non-hydrogen) atoms. The van der Waals surface area contributed by atoms with Crippen LogP contribution in [0.5, 0.6) is 0 Å². The summed E-state index contributed by atoms with van der Waals surface area (Å²) in [5.41, 5.74) is 2.30. The van der Waals surface area contributed by atoms with Gasteiger partial charge in [-0.05, 0) is 37.7 Å². The molecule has 0 spiro atoms. The van der Waals surface area contributed by atoms with Gasteiger partial charge in [0, 0.05) is 19.6 Å². The van der Waals surface area contributed by atoms with Crippen LogP contribution in [-0.4, -0.2) is 44.5 Å². The summed E-state index contributed by atoms with van der Waals surface area (Å²) in [6, 6.07) is 9.51. The van der Waals surface area contributed by atoms with Crippen LogP contribution in [0.15, 0.2) is 42.0 Å². The molecule has 1 aliphatic carbocycles. The Morgan fingerprint density at radius 1 is 1.16 bits per heavy atom. The van der Waals surface area contributed by atoms with E-state index < -0.39 is 10.0 Å². The number of sulfonamides is 1. The zero-order chi connectivity index (χ0) is 18.1. The highest BCUT2D eigenvalue weighted by Crippen LogP contribution is 2.20. The van der Waals surface area contributed by atoms with Gasteiger partial charge in [-0.25, -0.2) is 12.7 Å². The van der Waals surface area contributed by atoms with Gasteiger partial charge in [-0.1, -0.05) is 42.0 Å². The maximum absolute atomic E-state index is 12.0. The summed E-state index contributed by atoms with van der Waals surface area (Å²) in [5, 5.41) is 2.81. The second kappa shape index (κ2) is 9.73. The van der Waals surface area contributed by atoms with E-state index in [2.05, 4.69) is 11.4 Å². The highest BCUT2D eigenvalue weighted by molar-refractivity contribution is 7.88. The minimum Gasteiger partial charge on any atom is -0.354 e. The molecule has 0 heterocycles. The van der Waals surface area contributed by atoms with Crippen molar-refractivity contribution in [2.24, 2.45) is 0 Å². The summed E-state index contributed by atoms with van der Waals surface area (Å²) in [6.45, 7) is 1.13. The molecule has 5 nitrogen and oxygen atoms in total. The molecule has 1 N–H and O–H groups in total. The van der Waals surface area contributed by atoms with Gasteiger partial charge in [0.25, 0.3) is 0 Å². The van der Waals surface area contributed by atoms with Crippen LogP contribution in [0.2, 0.25) is 0 Å². The largest absolute Gasteiger partial charge is 0.354 e. The van der Waals surface area contributed by atoms with Gasteiger partial charge in [0.2, 0.25) is 15.9 Å². The number of carbonyl (C=O) groups excluding carboxylic acids is 1. The van der Waals surface area contributed by atoms with Crippen LogP contribution in [0.3, 0.4) is 0 Å². The Kier molecular flexibility index (Phi) is 7.65. The van der Waals surface area contributed by atoms with Gasteiger partial charge >= 0.3 is 0 Å². The van der Waals surface area contributed by atoms with E-state index in [1.54, 1.807) is 0 Å². The number of carbonyl (C=O) groups is 1. The number of hydrogen-bond donors (Lipinski definition) is 1. The Balaban J connectivity index is 1.77. The maximum Gasteiger partial charge on any atom is 0.224 e. The highest BCUT2D eigenvalue weighted by Gasteiger charge is 2.17. The summed E-state index contributed by atoms with van der Waals surface area (Å²) < 4.78 is 25.4. The van der Waals surface area contributed by atoms with Crippen LogP contribution < -0.4 is 5.32 Å². The minimum atomic E-state index is -3.27. The number of nitrogens with one attached hydrogen (secondary N) is 1. The molecular weight excluding hydrogens is 336 g/mol. The summed E-state index contributed by atoms with van der Waals surface area (Å²) in [5.74, 6) is -0.0883. The highest BCUT2D eigenvalue weighted by atomic mass is 32.2. The van der Waals surface area contributed by atoms with E-state index in [4.69, 9.17) is 0 Å². The minimum absolute atomic E-state index is 0.0883. The van der Waals surface area contributed by atoms with Crippen molar-refractivity contribution in [2.45, 2.75) is 38.5 Å². The second-order valence-corrected chi connectivity index (χ2v) is 8.51. The topological polar surface area (TPSA) is 66.5 Å². The first-order valence-corrected chi connectivity index (χ1v) is 10.7. The van der Waals surface area contributed by atoms with Crippen molar-refractivity contribution in [3.63, 3.8) is 0 Å². The van der Waals surface area contributed by atoms with E-state index in [0.29, 0.717) is 26.1 Å². The Hall–Kier alpha value is -1.66. The van der Waals surface area contributed by atoms with Crippen molar-refractivity contribution in [1.29, 1.82) is 0 Å². The fourth-order valence-corrected chi connectivity index (χ4v) is 3.85. The summed E-state index contributed by atoms with van der Waals surface area (Å²) >= 11 is 0. The van der Waals surface area contributed by atoms with Crippen LogP contribution >= 0.6 is 0 Å². The van der Waals surface area contributed by atoms with Gasteiger partial charge in [-0.3, -0.25) is 4.79 Å². The third-order valence-corrected chi connectivity index (χ3v) is 5.73. The lowest BCUT2D eigenvalue weighted by molar-refractivity contribution is -0.120. The molecule has 0 aromatic heterocycles. The third-order valence-electron chi connectivity index (χ3n) is 4.43. The molecule has 138 valence electrons. The van der Waals surface area contributed by atoms with Crippen molar-refractivity contribution in [2.75, 3.05) is 25.9 Å². The standard InChI is InChI=1S/C19H28N2O3S/c1-25(23,24)21(14-12-17-8-4-2-5-9-17)15-13-20-19(22)16-18-10-6-3-7-11-18/h3,6-8,10-11H,2,4-5,9,12-16H2,1H3,(H,20,22). The van der Waals surface area contributed by atoms with Gasteiger partial charge in [-0.15, -0.1) is 0 Å². The Morgan fingerprint density at radius 3 is 2.56 bits per heavy atom. The van der Waals surface area contributed by atoms with E-state index in [1.807, 2.05) is 30.3 Å². The molecule has 0 radical (unpaired) electrons. The number of allylic oxidation sites excluding steroid dienone is 1. The molecule has 0 saturated carbocycles. The molecule has 2 rings (SSSR count). The monoisotopic (exact) mass is 364 g/mol. The summed E-state index contributed by atoms with van der Waals surface area (Å²) in [4.78, 5) is 12.0. The normalized spacial score (nSPS) is 15.0. The molecule has 0 unspecified atom stereocenters. The van der Waals surface area contributed by atoms with Crippen LogP contribution in [0.1, 0.15) is 37.7 Å². The Labute approximate surface area is 151 Å². The molecule has 1 aromatic rings. The first-order chi connectivity index (χ1) is 11.9. The lowest BCUT2D eigenvalue weighted by Crippen LogP contribution is -2.39. The van der Waals surface area contributed by atoms with Gasteiger partial charge < -0.3 is 5.32 Å². The van der Waals surface area contributed by atoms with Crippen LogP contribution in [0.25, 0.3) is 0 Å². The van der Waals surface area contributed by atoms with Crippen LogP contribution in [0.4, 0.5) is 0 Å². The second-order valence-electron chi connectivity index (χ2n) is 6.53. The summed E-state index contributed by atoms with van der Waals surface area (Å²) in [7, 11) is -3.27. The van der Waals surface area contributed by atoms with E-state index >= 15 is 0 Å². The SMILES string of the molecule is CS(=O)(=O)N(CCNC(=O)Cc1ccccc1)CCC1=CCCCC1. The number of amides is 1. The molecule has 0 saturated heterocycles. The lowest BCUT2D eigenvalue weighted by atomic mass is 9.97. The Bertz CT molecular complexity index is 684. The molecule has 1 aromatic carbocycles. The van der Waals surface area contributed by atoms with Gasteiger partial charge in [0.1, 0.15) is 0 Å². The average molecular weight is 365 g/mol. The van der Waals surface area contributed by atoms with Crippen LogP contribution in [0, 0.1) is 0 Å². The first kappa shape index (κ1) is 19.7. The number of rotatable bonds is 9. The predicted molar refractivity (Wildman–Crippen MR) is 101 cm³/mol. The van der Waals surface area contributed by atoms with E-state index in [9.17, 15) is 13.2 Å². The molecule has 0 fully saturated rings. The predicted octanol–water partition coefficient (Wildman–Crippen LogP) is 2.50. The zero-order valence-corrected chi connectivity index (χ0v) is 15.7. The zero-order valence-electron chi connectivity index (χ0n) is 14.9. The number of nitrogens with zero attached hydrogens (tertiary/aromatic N) is 1. The quantitative estimate of drug-likeness (QED) is 0.685. The molecule has 0 bridgehead atoms. The first-order valence-electron chi connectivity index (χ1n) is 8.89. The molecule has 6 heteroatoms. The van der Waals surface area contributed by atoms with Crippen molar-refractivity contribution < 1.29 is 13.2 Å². The Morgan fingerprint density at radius 2 is 1.92 bits per heavy atom. The van der Waals surface area contributed by atoms with E-state index in [0.717, 1.165) is 24.8 Å². The van der Waals surface area contributed by atoms with E-state index in [-0.39, 0.29) is 5.91 Å². The third kappa shape index (κ3) is 7.40. The molecule has 1 amide bonds. The molecular formula is C19H28N2O3S. The molecule has 0 atom stereocenters. The van der Waals surface area contributed by atoms with E-state index in [1.165, 1.54) is 29.0 Å². The average Bonchev–Trinajstić information content (AvgIpc) is 2.58. The van der Waals surface area contributed by atoms with Crippen molar-refractivity contribution >= 4 is 15.9 Å². The fraction of sp³-hybridized carbons (Fsp3) is 0.526. The van der Waals surface area contributed by atoms with Crippen LogP contribution in [-0.2, 0) is 21.2 Å². The van der Waals surface area contributed by atoms with Crippen molar-refractivity contribution in [3.05, 3.63) is 47.5 Å². The number of benzene rings is 1. The molecule has 0 aliphatic heterocycles. The molecule has 1 aliphatic rings. The van der Waals surface area contributed by atoms with Crippen molar-refractivity contribution in [1.82, 2.24) is 9.62 Å². The maximum atomic E-state index is 12.0.